The number of ether oxygens (including phenoxy) is 1. The van der Waals surface area contributed by atoms with E-state index >= 15 is 0 Å². The Bertz CT molecular complexity index is 635. The lowest BCUT2D eigenvalue weighted by Crippen LogP contribution is -2.02. The lowest BCUT2D eigenvalue weighted by atomic mass is 10.2. The van der Waals surface area contributed by atoms with Crippen LogP contribution in [-0.2, 0) is 6.54 Å². The predicted octanol–water partition coefficient (Wildman–Crippen LogP) is 6.14. The Morgan fingerprint density at radius 2 is 1.90 bits per heavy atom. The maximum absolute atomic E-state index is 6.20. The average Bonchev–Trinajstić information content (AvgIpc) is 2.37. The molecule has 0 heterocycles. The second-order valence-electron chi connectivity index (χ2n) is 4.06. The molecule has 0 fully saturated rings. The average molecular weight is 440 g/mol. The molecule has 0 aliphatic carbocycles. The summed E-state index contributed by atoms with van der Waals surface area (Å²) in [7, 11) is 1.62. The van der Waals surface area contributed by atoms with Crippen LogP contribution in [0.15, 0.2) is 39.3 Å². The maximum atomic E-state index is 6.20. The van der Waals surface area contributed by atoms with Crippen LogP contribution >= 0.6 is 55.1 Å². The van der Waals surface area contributed by atoms with E-state index < -0.39 is 0 Å². The van der Waals surface area contributed by atoms with Crippen LogP contribution in [0.3, 0.4) is 0 Å². The Hall–Kier alpha value is -0.420. The topological polar surface area (TPSA) is 21.3 Å². The van der Waals surface area contributed by atoms with E-state index in [2.05, 4.69) is 37.2 Å². The van der Waals surface area contributed by atoms with Gasteiger partial charge in [0.15, 0.2) is 5.75 Å². The summed E-state index contributed by atoms with van der Waals surface area (Å²) in [4.78, 5) is 0. The Morgan fingerprint density at radius 1 is 1.15 bits per heavy atom. The van der Waals surface area contributed by atoms with E-state index in [1.807, 2.05) is 24.3 Å². The van der Waals surface area contributed by atoms with Gasteiger partial charge in [-0.2, -0.15) is 0 Å². The molecule has 0 spiro atoms. The van der Waals surface area contributed by atoms with Gasteiger partial charge < -0.3 is 10.1 Å². The summed E-state index contributed by atoms with van der Waals surface area (Å²) >= 11 is 19.1. The smallest absolute Gasteiger partial charge is 0.156 e. The highest BCUT2D eigenvalue weighted by Gasteiger charge is 2.10. The molecule has 106 valence electrons. The Labute approximate surface area is 144 Å². The highest BCUT2D eigenvalue weighted by atomic mass is 79.9. The van der Waals surface area contributed by atoms with E-state index in [1.165, 1.54) is 0 Å². The molecule has 0 aromatic heterocycles. The van der Waals surface area contributed by atoms with Gasteiger partial charge in [-0.15, -0.1) is 0 Å². The number of hydrogen-bond donors (Lipinski definition) is 1. The SMILES string of the molecule is COc1c(Br)cc(Cl)cc1NCc1ccc(Br)cc1Cl. The molecule has 20 heavy (non-hydrogen) atoms. The molecule has 0 radical (unpaired) electrons. The van der Waals surface area contributed by atoms with Gasteiger partial charge in [0.25, 0.3) is 0 Å². The molecule has 0 aliphatic heterocycles. The third-order valence-electron chi connectivity index (χ3n) is 2.70. The van der Waals surface area contributed by atoms with E-state index in [0.29, 0.717) is 22.3 Å². The van der Waals surface area contributed by atoms with Crippen molar-refractivity contribution in [1.29, 1.82) is 0 Å². The van der Waals surface area contributed by atoms with Crippen molar-refractivity contribution in [3.8, 4) is 5.75 Å². The van der Waals surface area contributed by atoms with Crippen LogP contribution in [0, 0.1) is 0 Å². The minimum absolute atomic E-state index is 0.579. The van der Waals surface area contributed by atoms with Crippen LogP contribution in [0.4, 0.5) is 5.69 Å². The standard InChI is InChI=1S/C14H11Br2Cl2NO/c1-20-14-11(16)5-10(17)6-13(14)19-7-8-2-3-9(15)4-12(8)18/h2-6,19H,7H2,1H3. The van der Waals surface area contributed by atoms with Gasteiger partial charge in [-0.3, -0.25) is 0 Å². The van der Waals surface area contributed by atoms with Crippen LogP contribution in [0.5, 0.6) is 5.75 Å². The molecule has 0 bridgehead atoms. The third kappa shape index (κ3) is 3.82. The van der Waals surface area contributed by atoms with Crippen molar-refractivity contribution >= 4 is 60.7 Å². The molecule has 0 amide bonds. The van der Waals surface area contributed by atoms with Crippen molar-refractivity contribution in [2.45, 2.75) is 6.54 Å². The number of anilines is 1. The minimum atomic E-state index is 0.579. The zero-order valence-corrected chi connectivity index (χ0v) is 15.2. The second kappa shape index (κ2) is 7.03. The van der Waals surface area contributed by atoms with Crippen LogP contribution in [0.2, 0.25) is 10.0 Å². The molecule has 1 N–H and O–H groups in total. The molecule has 0 saturated heterocycles. The molecule has 2 aromatic rings. The zero-order chi connectivity index (χ0) is 14.7. The maximum Gasteiger partial charge on any atom is 0.156 e. The first-order valence-corrected chi connectivity index (χ1v) is 8.06. The second-order valence-corrected chi connectivity index (χ2v) is 6.67. The zero-order valence-electron chi connectivity index (χ0n) is 10.5. The van der Waals surface area contributed by atoms with Gasteiger partial charge in [0.1, 0.15) is 0 Å². The van der Waals surface area contributed by atoms with Crippen LogP contribution in [-0.4, -0.2) is 7.11 Å². The number of halogens is 4. The first-order valence-electron chi connectivity index (χ1n) is 5.72. The molecule has 0 unspecified atom stereocenters. The minimum Gasteiger partial charge on any atom is -0.493 e. The van der Waals surface area contributed by atoms with E-state index in [1.54, 1.807) is 13.2 Å². The number of nitrogens with one attached hydrogen (secondary N) is 1. The van der Waals surface area contributed by atoms with Crippen molar-refractivity contribution in [3.63, 3.8) is 0 Å². The van der Waals surface area contributed by atoms with Crippen LogP contribution in [0.1, 0.15) is 5.56 Å². The predicted molar refractivity (Wildman–Crippen MR) is 92.2 cm³/mol. The summed E-state index contributed by atoms with van der Waals surface area (Å²) in [6.07, 6.45) is 0. The fraction of sp³-hybridized carbons (Fsp3) is 0.143. The molecule has 6 heteroatoms. The lowest BCUT2D eigenvalue weighted by molar-refractivity contribution is 0.414. The summed E-state index contributed by atoms with van der Waals surface area (Å²) in [5.41, 5.74) is 1.80. The van der Waals surface area contributed by atoms with Crippen molar-refractivity contribution in [3.05, 3.63) is 54.9 Å². The molecular formula is C14H11Br2Cl2NO. The van der Waals surface area contributed by atoms with Gasteiger partial charge in [0.2, 0.25) is 0 Å². The van der Waals surface area contributed by atoms with Crippen molar-refractivity contribution in [2.75, 3.05) is 12.4 Å². The first kappa shape index (κ1) is 16.0. The molecule has 0 aliphatic rings. The summed E-state index contributed by atoms with van der Waals surface area (Å²) in [5.74, 6) is 0.711. The Balaban J connectivity index is 2.22. The molecule has 2 nitrogen and oxygen atoms in total. The third-order valence-corrected chi connectivity index (χ3v) is 4.35. The highest BCUT2D eigenvalue weighted by molar-refractivity contribution is 9.10. The van der Waals surface area contributed by atoms with E-state index in [0.717, 1.165) is 20.2 Å². The lowest BCUT2D eigenvalue weighted by Gasteiger charge is -2.14. The van der Waals surface area contributed by atoms with Gasteiger partial charge in [0.05, 0.1) is 17.3 Å². The number of methoxy groups -OCH3 is 1. The van der Waals surface area contributed by atoms with Gasteiger partial charge in [0, 0.05) is 21.1 Å². The van der Waals surface area contributed by atoms with Gasteiger partial charge in [-0.05, 0) is 45.8 Å². The highest BCUT2D eigenvalue weighted by Crippen LogP contribution is 2.36. The van der Waals surface area contributed by atoms with Crippen LogP contribution in [0.25, 0.3) is 0 Å². The number of benzene rings is 2. The van der Waals surface area contributed by atoms with Crippen LogP contribution < -0.4 is 10.1 Å². The fourth-order valence-corrected chi connectivity index (χ4v) is 3.47. The van der Waals surface area contributed by atoms with Crippen molar-refractivity contribution in [2.24, 2.45) is 0 Å². The summed E-state index contributed by atoms with van der Waals surface area (Å²) in [5, 5.41) is 4.61. The largest absolute Gasteiger partial charge is 0.493 e. The monoisotopic (exact) mass is 437 g/mol. The molecule has 2 rings (SSSR count). The van der Waals surface area contributed by atoms with Gasteiger partial charge >= 0.3 is 0 Å². The molecule has 0 saturated carbocycles. The van der Waals surface area contributed by atoms with Crippen molar-refractivity contribution in [1.82, 2.24) is 0 Å². The normalized spacial score (nSPS) is 10.4. The summed E-state index contributed by atoms with van der Waals surface area (Å²) in [6.45, 7) is 0.579. The summed E-state index contributed by atoms with van der Waals surface area (Å²) in [6, 6.07) is 9.39. The van der Waals surface area contributed by atoms with E-state index in [4.69, 9.17) is 27.9 Å². The fourth-order valence-electron chi connectivity index (χ4n) is 1.75. The number of rotatable bonds is 4. The Morgan fingerprint density at radius 3 is 2.55 bits per heavy atom. The Kier molecular flexibility index (Phi) is 5.61. The number of hydrogen-bond acceptors (Lipinski definition) is 2. The van der Waals surface area contributed by atoms with E-state index in [-0.39, 0.29) is 0 Å². The molecule has 0 atom stereocenters. The molecule has 2 aromatic carbocycles. The van der Waals surface area contributed by atoms with E-state index in [9.17, 15) is 0 Å². The van der Waals surface area contributed by atoms with Gasteiger partial charge in [-0.1, -0.05) is 45.2 Å². The quantitative estimate of drug-likeness (QED) is 0.617. The van der Waals surface area contributed by atoms with Crippen molar-refractivity contribution < 1.29 is 4.74 Å². The van der Waals surface area contributed by atoms with Gasteiger partial charge in [-0.25, -0.2) is 0 Å². The molecular weight excluding hydrogens is 429 g/mol. The summed E-state index contributed by atoms with van der Waals surface area (Å²) < 4.78 is 7.12. The first-order chi connectivity index (χ1) is 9.51.